The van der Waals surface area contributed by atoms with E-state index in [-0.39, 0.29) is 6.04 Å². The summed E-state index contributed by atoms with van der Waals surface area (Å²) in [6, 6.07) is 17.8. The Kier molecular flexibility index (Phi) is 4.86. The summed E-state index contributed by atoms with van der Waals surface area (Å²) in [5.74, 6) is 2.00. The zero-order valence-electron chi connectivity index (χ0n) is 15.1. The summed E-state index contributed by atoms with van der Waals surface area (Å²) < 4.78 is 11.6. The minimum atomic E-state index is 0.0469. The molecule has 0 spiro atoms. The maximum Gasteiger partial charge on any atom is 0.233 e. The zero-order chi connectivity index (χ0) is 18.6. The van der Waals surface area contributed by atoms with Crippen LogP contribution < -0.4 is 4.74 Å². The highest BCUT2D eigenvalue weighted by molar-refractivity contribution is 5.34. The molecule has 1 aliphatic heterocycles. The number of nitriles is 1. The van der Waals surface area contributed by atoms with Crippen molar-refractivity contribution < 1.29 is 9.15 Å². The fourth-order valence-corrected chi connectivity index (χ4v) is 3.41. The van der Waals surface area contributed by atoms with Crippen molar-refractivity contribution in [1.29, 1.82) is 5.26 Å². The quantitative estimate of drug-likeness (QED) is 0.694. The summed E-state index contributed by atoms with van der Waals surface area (Å²) >= 11 is 0. The second kappa shape index (κ2) is 7.60. The molecule has 0 saturated carbocycles. The van der Waals surface area contributed by atoms with E-state index >= 15 is 0 Å². The minimum Gasteiger partial charge on any atom is -0.492 e. The molecule has 0 bridgehead atoms. The van der Waals surface area contributed by atoms with Crippen molar-refractivity contribution in [2.45, 2.75) is 25.9 Å². The number of hydrogen-bond acceptors (Lipinski definition) is 6. The molecular weight excluding hydrogens is 340 g/mol. The van der Waals surface area contributed by atoms with Crippen molar-refractivity contribution in [1.82, 2.24) is 15.1 Å². The first kappa shape index (κ1) is 17.3. The van der Waals surface area contributed by atoms with Gasteiger partial charge in [0.2, 0.25) is 11.8 Å². The van der Waals surface area contributed by atoms with Crippen LogP contribution in [0.1, 0.15) is 34.5 Å². The number of aryl methyl sites for hydroxylation is 1. The lowest BCUT2D eigenvalue weighted by molar-refractivity contribution is 0.121. The monoisotopic (exact) mass is 360 g/mol. The smallest absolute Gasteiger partial charge is 0.233 e. The lowest BCUT2D eigenvalue weighted by atomic mass is 9.94. The van der Waals surface area contributed by atoms with Crippen LogP contribution in [0.15, 0.2) is 52.9 Å². The van der Waals surface area contributed by atoms with Crippen molar-refractivity contribution in [3.05, 3.63) is 77.0 Å². The van der Waals surface area contributed by atoms with Crippen LogP contribution >= 0.6 is 0 Å². The lowest BCUT2D eigenvalue weighted by Gasteiger charge is -2.34. The maximum atomic E-state index is 8.88. The molecule has 4 rings (SSSR count). The average Bonchev–Trinajstić information content (AvgIpc) is 3.14. The molecule has 0 aliphatic carbocycles. The number of ether oxygens (including phenoxy) is 1. The first-order valence-electron chi connectivity index (χ1n) is 8.97. The van der Waals surface area contributed by atoms with E-state index in [1.54, 1.807) is 12.1 Å². The first-order valence-corrected chi connectivity index (χ1v) is 8.97. The van der Waals surface area contributed by atoms with Crippen molar-refractivity contribution in [3.8, 4) is 11.8 Å². The number of nitrogens with zero attached hydrogens (tertiary/aromatic N) is 4. The van der Waals surface area contributed by atoms with Crippen LogP contribution in [0.5, 0.6) is 5.75 Å². The van der Waals surface area contributed by atoms with Crippen LogP contribution in [-0.4, -0.2) is 28.2 Å². The summed E-state index contributed by atoms with van der Waals surface area (Å²) in [6.45, 7) is 3.91. The van der Waals surface area contributed by atoms with Crippen molar-refractivity contribution in [2.24, 2.45) is 0 Å². The zero-order valence-corrected chi connectivity index (χ0v) is 15.1. The molecule has 0 radical (unpaired) electrons. The van der Waals surface area contributed by atoms with Gasteiger partial charge in [0.25, 0.3) is 0 Å². The Labute approximate surface area is 158 Å². The van der Waals surface area contributed by atoms with Crippen LogP contribution in [0.2, 0.25) is 0 Å². The van der Waals surface area contributed by atoms with E-state index in [9.17, 15) is 0 Å². The van der Waals surface area contributed by atoms with E-state index < -0.39 is 0 Å². The molecule has 0 unspecified atom stereocenters. The minimum absolute atomic E-state index is 0.0469. The predicted molar refractivity (Wildman–Crippen MR) is 99.0 cm³/mol. The Morgan fingerprint density at radius 3 is 2.63 bits per heavy atom. The molecule has 2 aromatic carbocycles. The van der Waals surface area contributed by atoms with Crippen LogP contribution in [0.4, 0.5) is 0 Å². The van der Waals surface area contributed by atoms with E-state index in [1.165, 1.54) is 11.1 Å². The molecule has 1 atom stereocenters. The van der Waals surface area contributed by atoms with E-state index in [0.29, 0.717) is 24.0 Å². The number of aromatic nitrogens is 2. The standard InChI is InChI=1S/C21H20N4O2/c1-15-23-24-21(27-15)20-12-17-4-2-3-5-18(17)14-25(20)10-11-26-19-8-6-16(13-22)7-9-19/h2-9,20H,10-12,14H2,1H3/t20-/m0/s1. The number of rotatable bonds is 5. The number of fused-ring (bicyclic) bond motifs is 1. The fourth-order valence-electron chi connectivity index (χ4n) is 3.41. The normalized spacial score (nSPS) is 16.5. The van der Waals surface area contributed by atoms with Gasteiger partial charge in [-0.3, -0.25) is 4.90 Å². The molecule has 136 valence electrons. The summed E-state index contributed by atoms with van der Waals surface area (Å²) in [6.07, 6.45) is 0.842. The Hall–Kier alpha value is -3.17. The van der Waals surface area contributed by atoms with Crippen molar-refractivity contribution in [3.63, 3.8) is 0 Å². The third-order valence-electron chi connectivity index (χ3n) is 4.80. The second-order valence-corrected chi connectivity index (χ2v) is 6.60. The van der Waals surface area contributed by atoms with E-state index in [2.05, 4.69) is 45.4 Å². The van der Waals surface area contributed by atoms with E-state index in [4.69, 9.17) is 14.4 Å². The van der Waals surface area contributed by atoms with Crippen molar-refractivity contribution in [2.75, 3.05) is 13.2 Å². The highest BCUT2D eigenvalue weighted by Gasteiger charge is 2.30. The number of benzene rings is 2. The molecule has 27 heavy (non-hydrogen) atoms. The topological polar surface area (TPSA) is 75.2 Å². The molecule has 0 N–H and O–H groups in total. The Balaban J connectivity index is 1.47. The SMILES string of the molecule is Cc1nnc([C@@H]2Cc3ccccc3CN2CCOc2ccc(C#N)cc2)o1. The van der Waals surface area contributed by atoms with Gasteiger partial charge in [-0.1, -0.05) is 24.3 Å². The van der Waals surface area contributed by atoms with Crippen molar-refractivity contribution >= 4 is 0 Å². The third kappa shape index (κ3) is 3.83. The molecule has 0 fully saturated rings. The van der Waals surface area contributed by atoms with Gasteiger partial charge in [-0.15, -0.1) is 10.2 Å². The summed E-state index contributed by atoms with van der Waals surface area (Å²) in [7, 11) is 0. The molecule has 0 saturated heterocycles. The first-order chi connectivity index (χ1) is 13.2. The molecule has 2 heterocycles. The Morgan fingerprint density at radius 1 is 1.15 bits per heavy atom. The fraction of sp³-hybridized carbons (Fsp3) is 0.286. The lowest BCUT2D eigenvalue weighted by Crippen LogP contribution is -2.37. The van der Waals surface area contributed by atoms with Crippen LogP contribution in [0.25, 0.3) is 0 Å². The van der Waals surface area contributed by atoms with E-state index in [0.717, 1.165) is 25.3 Å². The molecule has 6 nitrogen and oxygen atoms in total. The molecule has 3 aromatic rings. The second-order valence-electron chi connectivity index (χ2n) is 6.60. The van der Waals surface area contributed by atoms with Crippen LogP contribution in [0.3, 0.4) is 0 Å². The van der Waals surface area contributed by atoms with Crippen LogP contribution in [0, 0.1) is 18.3 Å². The molecule has 6 heteroatoms. The Bertz CT molecular complexity index is 959. The molecule has 1 aliphatic rings. The highest BCUT2D eigenvalue weighted by atomic mass is 16.5. The van der Waals surface area contributed by atoms with Gasteiger partial charge in [-0.05, 0) is 41.8 Å². The van der Waals surface area contributed by atoms with Crippen LogP contribution in [-0.2, 0) is 13.0 Å². The molecule has 1 aromatic heterocycles. The van der Waals surface area contributed by atoms with Gasteiger partial charge >= 0.3 is 0 Å². The van der Waals surface area contributed by atoms with Gasteiger partial charge in [0.05, 0.1) is 17.7 Å². The summed E-state index contributed by atoms with van der Waals surface area (Å²) in [5, 5.41) is 17.1. The molecular formula is C21H20N4O2. The van der Waals surface area contributed by atoms with E-state index in [1.807, 2.05) is 19.1 Å². The summed E-state index contributed by atoms with van der Waals surface area (Å²) in [4.78, 5) is 2.32. The maximum absolute atomic E-state index is 8.88. The van der Waals surface area contributed by atoms with Gasteiger partial charge in [-0.25, -0.2) is 0 Å². The van der Waals surface area contributed by atoms with Gasteiger partial charge in [0.15, 0.2) is 0 Å². The Morgan fingerprint density at radius 2 is 1.93 bits per heavy atom. The predicted octanol–water partition coefficient (Wildman–Crippen LogP) is 3.43. The number of hydrogen-bond donors (Lipinski definition) is 0. The highest BCUT2D eigenvalue weighted by Crippen LogP contribution is 2.32. The van der Waals surface area contributed by atoms with Gasteiger partial charge in [0.1, 0.15) is 12.4 Å². The summed E-state index contributed by atoms with van der Waals surface area (Å²) in [5.41, 5.74) is 3.27. The third-order valence-corrected chi connectivity index (χ3v) is 4.80. The van der Waals surface area contributed by atoms with Gasteiger partial charge in [0, 0.05) is 20.0 Å². The largest absolute Gasteiger partial charge is 0.492 e. The molecule has 0 amide bonds. The van der Waals surface area contributed by atoms with Gasteiger partial charge < -0.3 is 9.15 Å². The van der Waals surface area contributed by atoms with Gasteiger partial charge in [-0.2, -0.15) is 5.26 Å². The average molecular weight is 360 g/mol.